The van der Waals surface area contributed by atoms with Crippen LogP contribution in [0.1, 0.15) is 64.5 Å². The zero-order valence-corrected chi connectivity index (χ0v) is 28.0. The van der Waals surface area contributed by atoms with Crippen LogP contribution in [0.5, 0.6) is 0 Å². The average Bonchev–Trinajstić information content (AvgIpc) is 3.59. The maximum atomic E-state index is 14.5. The lowest BCUT2D eigenvalue weighted by atomic mass is 9.70. The Hall–Kier alpha value is -3.02. The van der Waals surface area contributed by atoms with Gasteiger partial charge in [-0.05, 0) is 52.0 Å². The maximum Gasteiger partial charge on any atom is 0.306 e. The Morgan fingerprint density at radius 1 is 1.22 bits per heavy atom. The van der Waals surface area contributed by atoms with Crippen LogP contribution in [0.2, 0.25) is 0 Å². The molecule has 1 aromatic rings. The van der Waals surface area contributed by atoms with Crippen LogP contribution < -0.4 is 5.32 Å². The number of ether oxygens (including phenoxy) is 2. The molecule has 11 heteroatoms. The quantitative estimate of drug-likeness (QED) is 0.125. The van der Waals surface area contributed by atoms with Gasteiger partial charge in [-0.2, -0.15) is 0 Å². The molecular weight excluding hydrogens is 642 g/mol. The summed E-state index contributed by atoms with van der Waals surface area (Å²) >= 11 is 3.72. The molecule has 7 atom stereocenters. The van der Waals surface area contributed by atoms with E-state index < -0.39 is 53.0 Å². The van der Waals surface area contributed by atoms with Gasteiger partial charge in [-0.1, -0.05) is 58.4 Å². The third-order valence-electron chi connectivity index (χ3n) is 9.00. The topological polar surface area (TPSA) is 125 Å². The molecule has 3 aliphatic heterocycles. The third kappa shape index (κ3) is 7.05. The van der Waals surface area contributed by atoms with Crippen LogP contribution in [-0.4, -0.2) is 93.0 Å². The zero-order valence-electron chi connectivity index (χ0n) is 26.5. The highest BCUT2D eigenvalue weighted by Gasteiger charge is 2.76. The van der Waals surface area contributed by atoms with E-state index in [9.17, 15) is 24.3 Å². The minimum Gasteiger partial charge on any atom is -0.463 e. The second kappa shape index (κ2) is 14.6. The molecule has 10 nitrogen and oxygen atoms in total. The Labute approximate surface area is 274 Å². The van der Waals surface area contributed by atoms with E-state index in [4.69, 9.17) is 9.47 Å². The number of halogens is 1. The zero-order chi connectivity index (χ0) is 32.9. The molecule has 246 valence electrons. The molecule has 3 aliphatic rings. The van der Waals surface area contributed by atoms with Crippen LogP contribution in [0.3, 0.4) is 0 Å². The van der Waals surface area contributed by atoms with Gasteiger partial charge >= 0.3 is 5.97 Å². The van der Waals surface area contributed by atoms with E-state index in [-0.39, 0.29) is 49.4 Å². The average molecular weight is 689 g/mol. The number of aliphatic hydroxyl groups excluding tert-OH is 1. The van der Waals surface area contributed by atoms with Gasteiger partial charge in [0.15, 0.2) is 0 Å². The van der Waals surface area contributed by atoms with Crippen molar-refractivity contribution in [3.63, 3.8) is 0 Å². The van der Waals surface area contributed by atoms with E-state index in [1.807, 2.05) is 51.1 Å². The Morgan fingerprint density at radius 2 is 1.93 bits per heavy atom. The van der Waals surface area contributed by atoms with E-state index in [0.717, 1.165) is 5.56 Å². The molecule has 0 aromatic heterocycles. The first kappa shape index (κ1) is 34.8. The van der Waals surface area contributed by atoms with Crippen molar-refractivity contribution in [2.24, 2.45) is 11.8 Å². The molecule has 0 radical (unpaired) electrons. The number of nitrogens with zero attached hydrogens (tertiary/aromatic N) is 2. The summed E-state index contributed by atoms with van der Waals surface area (Å²) < 4.78 is 12.2. The smallest absolute Gasteiger partial charge is 0.306 e. The van der Waals surface area contributed by atoms with Crippen molar-refractivity contribution < 1.29 is 33.8 Å². The van der Waals surface area contributed by atoms with E-state index >= 15 is 0 Å². The summed E-state index contributed by atoms with van der Waals surface area (Å²) in [5.41, 5.74) is -1.02. The Morgan fingerprint density at radius 3 is 2.56 bits per heavy atom. The van der Waals surface area contributed by atoms with Crippen LogP contribution in [0.15, 0.2) is 55.6 Å². The number of hydrogen-bond acceptors (Lipinski definition) is 7. The molecule has 4 rings (SSSR count). The first-order chi connectivity index (χ1) is 21.4. The van der Waals surface area contributed by atoms with Gasteiger partial charge in [0.1, 0.15) is 18.2 Å². The number of hydrogen-bond donors (Lipinski definition) is 2. The highest BCUT2D eigenvalue weighted by atomic mass is 79.9. The molecule has 45 heavy (non-hydrogen) atoms. The van der Waals surface area contributed by atoms with E-state index in [1.165, 1.54) is 0 Å². The van der Waals surface area contributed by atoms with Gasteiger partial charge in [0.25, 0.3) is 0 Å². The molecule has 0 aliphatic carbocycles. The minimum atomic E-state index is -1.21. The Kier molecular flexibility index (Phi) is 11.3. The molecule has 3 fully saturated rings. The van der Waals surface area contributed by atoms with Crippen molar-refractivity contribution >= 4 is 39.6 Å². The number of allylic oxidation sites excluding steroid dienone is 1. The number of likely N-dealkylation sites (tertiary alicyclic amines) is 1. The van der Waals surface area contributed by atoms with Crippen LogP contribution in [0.4, 0.5) is 0 Å². The summed E-state index contributed by atoms with van der Waals surface area (Å²) in [5.74, 6) is -3.11. The molecule has 3 saturated heterocycles. The predicted molar refractivity (Wildman–Crippen MR) is 173 cm³/mol. The highest BCUT2D eigenvalue weighted by Crippen LogP contribution is 2.60. The maximum absolute atomic E-state index is 14.5. The fourth-order valence-corrected chi connectivity index (χ4v) is 7.90. The third-order valence-corrected chi connectivity index (χ3v) is 9.85. The number of nitrogens with one attached hydrogen (secondary N) is 1. The molecule has 2 N–H and O–H groups in total. The number of esters is 1. The predicted octanol–water partition coefficient (Wildman–Crippen LogP) is 3.69. The van der Waals surface area contributed by atoms with E-state index in [2.05, 4.69) is 34.4 Å². The monoisotopic (exact) mass is 687 g/mol. The number of alkyl halides is 1. The Bertz CT molecular complexity index is 1270. The van der Waals surface area contributed by atoms with Crippen LogP contribution in [0, 0.1) is 11.8 Å². The van der Waals surface area contributed by atoms with E-state index in [0.29, 0.717) is 25.7 Å². The van der Waals surface area contributed by atoms with Gasteiger partial charge in [-0.25, -0.2) is 0 Å². The summed E-state index contributed by atoms with van der Waals surface area (Å²) in [6, 6.07) is 7.61. The molecule has 3 amide bonds. The number of fused-ring (bicyclic) bond motifs is 1. The van der Waals surface area contributed by atoms with Crippen LogP contribution in [0.25, 0.3) is 0 Å². The number of amides is 3. The summed E-state index contributed by atoms with van der Waals surface area (Å²) in [6.45, 7) is 13.7. The van der Waals surface area contributed by atoms with Gasteiger partial charge < -0.3 is 29.7 Å². The van der Waals surface area contributed by atoms with Crippen LogP contribution in [-0.2, 0) is 28.7 Å². The number of benzene rings is 1. The lowest BCUT2D eigenvalue weighted by Gasteiger charge is -2.42. The van der Waals surface area contributed by atoms with Crippen LogP contribution >= 0.6 is 15.9 Å². The largest absolute Gasteiger partial charge is 0.463 e. The standard InChI is InChI=1S/C34H46BrN3O7/c1-6-8-16-25(40)44-21-24(22-14-10-9-11-15-22)36-30(41)26-27-31(42)37(18-12-13-19-39)29(34(27)20-23(35)28(26)45-34)32(43)38(17-7-2)33(3,4)5/h6-7,9-11,14-15,23-24,26-29,39H,1-2,8,12-13,16-21H2,3-5H3,(H,36,41)/t23?,24-,26-,27+,28-,29-,34+/m1/s1. The van der Waals surface area contributed by atoms with Gasteiger partial charge in [-0.15, -0.1) is 13.2 Å². The fraction of sp³-hybridized carbons (Fsp3) is 0.588. The molecule has 2 bridgehead atoms. The molecule has 1 spiro atoms. The lowest BCUT2D eigenvalue weighted by Crippen LogP contribution is -2.60. The molecule has 0 saturated carbocycles. The number of carbonyl (C=O) groups excluding carboxylic acids is 4. The second-order valence-electron chi connectivity index (χ2n) is 13.0. The van der Waals surface area contributed by atoms with Crippen molar-refractivity contribution in [1.29, 1.82) is 0 Å². The van der Waals surface area contributed by atoms with Crippen molar-refractivity contribution in [3.8, 4) is 0 Å². The summed E-state index contributed by atoms with van der Waals surface area (Å²) in [4.78, 5) is 58.3. The molecule has 1 aromatic carbocycles. The first-order valence-corrected chi connectivity index (χ1v) is 16.6. The minimum absolute atomic E-state index is 0.0358. The normalized spacial score (nSPS) is 27.5. The van der Waals surface area contributed by atoms with Gasteiger partial charge in [0.2, 0.25) is 17.7 Å². The van der Waals surface area contributed by atoms with Gasteiger partial charge in [0, 0.05) is 36.5 Å². The molecule has 3 heterocycles. The summed E-state index contributed by atoms with van der Waals surface area (Å²) in [7, 11) is 0. The molecule has 1 unspecified atom stereocenters. The van der Waals surface area contributed by atoms with Gasteiger partial charge in [0.05, 0.1) is 24.0 Å². The fourth-order valence-electron chi connectivity index (χ4n) is 6.96. The lowest BCUT2D eigenvalue weighted by molar-refractivity contribution is -0.151. The van der Waals surface area contributed by atoms with E-state index in [1.54, 1.807) is 22.0 Å². The highest BCUT2D eigenvalue weighted by molar-refractivity contribution is 9.09. The number of rotatable bonds is 15. The SMILES string of the molecule is C=CCCC(=O)OC[C@@H](NC(=O)[C@H]1[C@@H]2O[C@@]3(CC2Br)[C@@H]1C(=O)N(CCCCO)[C@@H]3C(=O)N(CC=C)C(C)(C)C)c1ccccc1. The number of carbonyl (C=O) groups is 4. The first-order valence-electron chi connectivity index (χ1n) is 15.7. The Balaban J connectivity index is 1.67. The summed E-state index contributed by atoms with van der Waals surface area (Å²) in [5, 5.41) is 12.5. The van der Waals surface area contributed by atoms with Gasteiger partial charge in [-0.3, -0.25) is 19.2 Å². The van der Waals surface area contributed by atoms with Crippen molar-refractivity contribution in [3.05, 3.63) is 61.2 Å². The van der Waals surface area contributed by atoms with Crippen molar-refractivity contribution in [2.75, 3.05) is 26.3 Å². The van der Waals surface area contributed by atoms with Crippen molar-refractivity contribution in [1.82, 2.24) is 15.1 Å². The second-order valence-corrected chi connectivity index (χ2v) is 14.2. The summed E-state index contributed by atoms with van der Waals surface area (Å²) in [6.07, 6.45) is 4.68. The number of unbranched alkanes of at least 4 members (excludes halogenated alkanes) is 1. The molecular formula is C34H46BrN3O7. The van der Waals surface area contributed by atoms with Crippen molar-refractivity contribution in [2.45, 2.75) is 87.0 Å². The number of aliphatic hydroxyl groups is 1.